The highest BCUT2D eigenvalue weighted by molar-refractivity contribution is 5.82. The molecule has 0 aliphatic carbocycles. The van der Waals surface area contributed by atoms with E-state index in [1.807, 2.05) is 54.6 Å². The van der Waals surface area contributed by atoms with Gasteiger partial charge in [-0.25, -0.2) is 10.3 Å². The van der Waals surface area contributed by atoms with Crippen molar-refractivity contribution in [2.75, 3.05) is 13.1 Å². The Hall–Kier alpha value is -2.94. The van der Waals surface area contributed by atoms with Crippen LogP contribution in [0, 0.1) is 0 Å². The zero-order valence-corrected chi connectivity index (χ0v) is 15.1. The van der Waals surface area contributed by atoms with E-state index < -0.39 is 24.5 Å². The number of ether oxygens (including phenoxy) is 2. The molecule has 2 aliphatic heterocycles. The van der Waals surface area contributed by atoms with Gasteiger partial charge in [-0.15, -0.1) is 0 Å². The van der Waals surface area contributed by atoms with E-state index in [1.165, 1.54) is 4.90 Å². The van der Waals surface area contributed by atoms with Gasteiger partial charge in [0.2, 0.25) is 0 Å². The molecule has 146 valence electrons. The lowest BCUT2D eigenvalue weighted by atomic mass is 10.0. The Bertz CT molecular complexity index is 843. The first-order valence-electron chi connectivity index (χ1n) is 9.06. The molecule has 3 atom stereocenters. The Balaban J connectivity index is 1.33. The summed E-state index contributed by atoms with van der Waals surface area (Å²) in [4.78, 5) is 25.4. The summed E-state index contributed by atoms with van der Waals surface area (Å²) in [5, 5.41) is 11.6. The van der Waals surface area contributed by atoms with Crippen LogP contribution in [0.1, 0.15) is 5.56 Å². The summed E-state index contributed by atoms with van der Waals surface area (Å²) in [6.07, 6.45) is -2.02. The number of nitrogens with zero attached hydrogens (tertiary/aromatic N) is 1. The molecular weight excluding hydrogens is 362 g/mol. The first-order chi connectivity index (χ1) is 13.6. The Morgan fingerprint density at radius 1 is 1.00 bits per heavy atom. The molecule has 2 bridgehead atoms. The van der Waals surface area contributed by atoms with Crippen molar-refractivity contribution in [3.8, 4) is 11.1 Å². The van der Waals surface area contributed by atoms with E-state index >= 15 is 0 Å². The molecule has 8 heteroatoms. The van der Waals surface area contributed by atoms with Gasteiger partial charge in [0.1, 0.15) is 6.10 Å². The predicted octanol–water partition coefficient (Wildman–Crippen LogP) is 1.49. The van der Waals surface area contributed by atoms with Gasteiger partial charge in [0, 0.05) is 6.54 Å². The molecule has 0 radical (unpaired) electrons. The second-order valence-electron chi connectivity index (χ2n) is 6.76. The Morgan fingerprint density at radius 2 is 1.71 bits per heavy atom. The monoisotopic (exact) mass is 383 g/mol. The topological polar surface area (TPSA) is 100 Å². The molecule has 28 heavy (non-hydrogen) atoms. The molecule has 2 aromatic carbocycles. The van der Waals surface area contributed by atoms with Crippen LogP contribution in [0.2, 0.25) is 0 Å². The van der Waals surface area contributed by atoms with Gasteiger partial charge in [-0.2, -0.15) is 0 Å². The van der Waals surface area contributed by atoms with Crippen molar-refractivity contribution in [2.45, 2.75) is 25.0 Å². The quantitative estimate of drug-likeness (QED) is 0.549. The van der Waals surface area contributed by atoms with E-state index in [1.54, 1.807) is 5.48 Å². The van der Waals surface area contributed by atoms with E-state index in [2.05, 4.69) is 5.32 Å². The number of rotatable bonds is 4. The van der Waals surface area contributed by atoms with Crippen LogP contribution in [0.5, 0.6) is 0 Å². The number of amides is 3. The van der Waals surface area contributed by atoms with E-state index in [0.717, 1.165) is 16.7 Å². The normalized spacial score (nSPS) is 23.3. The van der Waals surface area contributed by atoms with Crippen LogP contribution in [0.25, 0.3) is 11.1 Å². The summed E-state index contributed by atoms with van der Waals surface area (Å²) in [5.74, 6) is -0.286. The molecule has 3 N–H and O–H groups in total. The minimum Gasteiger partial charge on any atom is -0.350 e. The summed E-state index contributed by atoms with van der Waals surface area (Å²) in [6.45, 7) is 0.701. The number of fused-ring (bicyclic) bond motifs is 2. The Labute approximate surface area is 162 Å². The van der Waals surface area contributed by atoms with Gasteiger partial charge in [-0.3, -0.25) is 10.0 Å². The van der Waals surface area contributed by atoms with Crippen LogP contribution in [-0.2, 0) is 20.8 Å². The molecule has 0 saturated carbocycles. The number of carbonyl (C=O) groups excluding carboxylic acids is 2. The molecular formula is C20H21N3O5. The molecule has 3 amide bonds. The van der Waals surface area contributed by atoms with Gasteiger partial charge in [-0.05, 0) is 16.7 Å². The van der Waals surface area contributed by atoms with Gasteiger partial charge in [-0.1, -0.05) is 54.6 Å². The molecule has 3 unspecified atom stereocenters. The van der Waals surface area contributed by atoms with E-state index in [-0.39, 0.29) is 19.0 Å². The minimum absolute atomic E-state index is 0.160. The van der Waals surface area contributed by atoms with Crippen molar-refractivity contribution < 1.29 is 24.3 Å². The van der Waals surface area contributed by atoms with Crippen LogP contribution in [0.15, 0.2) is 54.6 Å². The van der Waals surface area contributed by atoms with E-state index in [4.69, 9.17) is 14.7 Å². The zero-order chi connectivity index (χ0) is 19.5. The lowest BCUT2D eigenvalue weighted by molar-refractivity contribution is -0.134. The first-order valence-corrected chi connectivity index (χ1v) is 9.06. The predicted molar refractivity (Wildman–Crippen MR) is 99.1 cm³/mol. The van der Waals surface area contributed by atoms with Crippen molar-refractivity contribution >= 4 is 11.9 Å². The summed E-state index contributed by atoms with van der Waals surface area (Å²) in [5.41, 5.74) is 4.80. The molecule has 0 spiro atoms. The molecule has 2 aliphatic rings. The van der Waals surface area contributed by atoms with Crippen LogP contribution >= 0.6 is 0 Å². The number of benzene rings is 2. The fourth-order valence-corrected chi connectivity index (χ4v) is 3.45. The molecule has 2 fully saturated rings. The van der Waals surface area contributed by atoms with Gasteiger partial charge in [0.05, 0.1) is 13.1 Å². The summed E-state index contributed by atoms with van der Waals surface area (Å²) in [7, 11) is 0. The third kappa shape index (κ3) is 3.84. The number of hydrogen-bond acceptors (Lipinski definition) is 5. The van der Waals surface area contributed by atoms with Crippen molar-refractivity contribution in [1.82, 2.24) is 15.7 Å². The maximum Gasteiger partial charge on any atom is 0.341 e. The molecule has 2 heterocycles. The zero-order valence-electron chi connectivity index (χ0n) is 15.1. The standard InChI is InChI=1S/C20H21N3O5/c24-19(18-16-11-23(20(25)22-26)12-17(27-16)28-18)21-10-13-6-8-15(9-7-13)14-4-2-1-3-5-14/h1-9,16-18,26H,10-12H2,(H,21,24)(H,22,25). The highest BCUT2D eigenvalue weighted by Crippen LogP contribution is 2.26. The third-order valence-electron chi connectivity index (χ3n) is 4.90. The van der Waals surface area contributed by atoms with Crippen LogP contribution < -0.4 is 10.8 Å². The van der Waals surface area contributed by atoms with Crippen LogP contribution in [0.4, 0.5) is 4.79 Å². The van der Waals surface area contributed by atoms with E-state index in [0.29, 0.717) is 6.54 Å². The van der Waals surface area contributed by atoms with E-state index in [9.17, 15) is 9.59 Å². The number of hydroxylamine groups is 1. The van der Waals surface area contributed by atoms with Crippen molar-refractivity contribution in [3.05, 3.63) is 60.2 Å². The minimum atomic E-state index is -0.787. The Kier molecular flexibility index (Phi) is 5.25. The summed E-state index contributed by atoms with van der Waals surface area (Å²) < 4.78 is 11.2. The van der Waals surface area contributed by atoms with Gasteiger partial charge >= 0.3 is 6.03 Å². The first kappa shape index (κ1) is 18.4. The lowest BCUT2D eigenvalue weighted by Crippen LogP contribution is -2.51. The number of urea groups is 1. The Morgan fingerprint density at radius 3 is 2.43 bits per heavy atom. The second-order valence-corrected chi connectivity index (χ2v) is 6.76. The van der Waals surface area contributed by atoms with Gasteiger partial charge in [0.15, 0.2) is 12.4 Å². The smallest absolute Gasteiger partial charge is 0.341 e. The molecule has 2 saturated heterocycles. The number of carbonyl (C=O) groups is 2. The highest BCUT2D eigenvalue weighted by atomic mass is 16.7. The second kappa shape index (κ2) is 7.97. The SMILES string of the molecule is O=C(NCc1ccc(-c2ccccc2)cc1)C1OC2CN(C(=O)NO)CC1O2. The maximum atomic E-state index is 12.5. The fraction of sp³-hybridized carbons (Fsp3) is 0.300. The average Bonchev–Trinajstić information content (AvgIpc) is 3.05. The van der Waals surface area contributed by atoms with Gasteiger partial charge < -0.3 is 19.7 Å². The van der Waals surface area contributed by atoms with Crippen molar-refractivity contribution in [2.24, 2.45) is 0 Å². The van der Waals surface area contributed by atoms with Crippen molar-refractivity contribution in [1.29, 1.82) is 0 Å². The average molecular weight is 383 g/mol. The van der Waals surface area contributed by atoms with Gasteiger partial charge in [0.25, 0.3) is 5.91 Å². The van der Waals surface area contributed by atoms with Crippen molar-refractivity contribution in [3.63, 3.8) is 0 Å². The van der Waals surface area contributed by atoms with Crippen LogP contribution in [0.3, 0.4) is 0 Å². The number of nitrogens with one attached hydrogen (secondary N) is 2. The maximum absolute atomic E-state index is 12.5. The lowest BCUT2D eigenvalue weighted by Gasteiger charge is -2.29. The number of morpholine rings is 1. The number of hydrogen-bond donors (Lipinski definition) is 3. The fourth-order valence-electron chi connectivity index (χ4n) is 3.45. The molecule has 0 aromatic heterocycles. The molecule has 2 aromatic rings. The van der Waals surface area contributed by atoms with Crippen LogP contribution in [-0.4, -0.2) is 53.6 Å². The highest BCUT2D eigenvalue weighted by Gasteiger charge is 2.46. The molecule has 8 nitrogen and oxygen atoms in total. The summed E-state index contributed by atoms with van der Waals surface area (Å²) >= 11 is 0. The largest absolute Gasteiger partial charge is 0.350 e. The summed E-state index contributed by atoms with van der Waals surface area (Å²) in [6, 6.07) is 17.4. The third-order valence-corrected chi connectivity index (χ3v) is 4.90. The molecule has 4 rings (SSSR count).